The molecule has 0 heterocycles. The molecular weight excluding hydrogens is 222 g/mol. The monoisotopic (exact) mass is 239 g/mol. The van der Waals surface area contributed by atoms with E-state index in [1.54, 1.807) is 6.07 Å². The molecule has 0 aliphatic heterocycles. The molecule has 0 rings (SSSR count). The van der Waals surface area contributed by atoms with E-state index in [-0.39, 0.29) is 12.0 Å². The van der Waals surface area contributed by atoms with Crippen LogP contribution in [0.15, 0.2) is 11.1 Å². The number of carbonyl (C=O) groups excluding carboxylic acids is 1. The molecule has 94 valence electrons. The van der Waals surface area contributed by atoms with Gasteiger partial charge in [-0.3, -0.25) is 4.79 Å². The van der Waals surface area contributed by atoms with Crippen LogP contribution in [0.3, 0.4) is 0 Å². The van der Waals surface area contributed by atoms with Crippen molar-refractivity contribution in [3.8, 4) is 6.07 Å². The number of hydrogen-bond acceptors (Lipinski definition) is 4. The predicted octanol–water partition coefficient (Wildman–Crippen LogP) is 1.42. The fourth-order valence-corrected chi connectivity index (χ4v) is 1.37. The number of nitriles is 1. The molecule has 0 saturated carbocycles. The van der Waals surface area contributed by atoms with Gasteiger partial charge in [0.15, 0.2) is 0 Å². The molecule has 0 saturated heterocycles. The van der Waals surface area contributed by atoms with Gasteiger partial charge in [0.2, 0.25) is 5.78 Å². The average Bonchev–Trinajstić information content (AvgIpc) is 2.27. The van der Waals surface area contributed by atoms with E-state index in [4.69, 9.17) is 15.5 Å². The van der Waals surface area contributed by atoms with Crippen LogP contribution in [0.5, 0.6) is 0 Å². The Hall–Kier alpha value is -1.67. The third-order valence-corrected chi connectivity index (χ3v) is 2.33. The molecule has 1 atom stereocenters. The van der Waals surface area contributed by atoms with Gasteiger partial charge in [-0.2, -0.15) is 5.26 Å². The molecule has 0 aromatic rings. The van der Waals surface area contributed by atoms with E-state index in [0.717, 1.165) is 12.8 Å². The van der Waals surface area contributed by atoms with E-state index in [9.17, 15) is 9.59 Å². The van der Waals surface area contributed by atoms with Crippen molar-refractivity contribution in [3.63, 3.8) is 0 Å². The summed E-state index contributed by atoms with van der Waals surface area (Å²) in [5.74, 6) is -2.10. The number of aliphatic carboxylic acids is 1. The molecule has 1 unspecified atom stereocenters. The summed E-state index contributed by atoms with van der Waals surface area (Å²) in [6.07, 6.45) is 1.17. The Balaban J connectivity index is 5.13. The highest BCUT2D eigenvalue weighted by Crippen LogP contribution is 2.16. The summed E-state index contributed by atoms with van der Waals surface area (Å²) >= 11 is 0. The number of nitrogens with zero attached hydrogens (tertiary/aromatic N) is 1. The Kier molecular flexibility index (Phi) is 6.83. The van der Waals surface area contributed by atoms with Gasteiger partial charge < -0.3 is 10.2 Å². The molecule has 5 heteroatoms. The van der Waals surface area contributed by atoms with Crippen molar-refractivity contribution in [2.45, 2.75) is 45.6 Å². The number of carboxylic acids is 1. The molecule has 0 amide bonds. The first-order chi connectivity index (χ1) is 7.95. The van der Waals surface area contributed by atoms with Crippen molar-refractivity contribution in [2.24, 2.45) is 0 Å². The minimum atomic E-state index is -1.36. The third-order valence-electron chi connectivity index (χ3n) is 2.33. The van der Waals surface area contributed by atoms with Gasteiger partial charge in [0.1, 0.15) is 17.7 Å². The van der Waals surface area contributed by atoms with Crippen LogP contribution in [0.2, 0.25) is 0 Å². The maximum atomic E-state index is 11.5. The second-order valence-electron chi connectivity index (χ2n) is 3.77. The number of carboxylic acid groups (broad SMARTS) is 1. The van der Waals surface area contributed by atoms with Crippen molar-refractivity contribution in [1.29, 1.82) is 5.26 Å². The number of carbonyl (C=O) groups is 2. The molecule has 0 aliphatic carbocycles. The zero-order valence-corrected chi connectivity index (χ0v) is 10.1. The van der Waals surface area contributed by atoms with Crippen LogP contribution in [0, 0.1) is 11.3 Å². The zero-order valence-electron chi connectivity index (χ0n) is 10.1. The Morgan fingerprint density at radius 1 is 1.35 bits per heavy atom. The van der Waals surface area contributed by atoms with Gasteiger partial charge in [0.25, 0.3) is 0 Å². The molecule has 17 heavy (non-hydrogen) atoms. The van der Waals surface area contributed by atoms with Crippen molar-refractivity contribution < 1.29 is 19.8 Å². The number of rotatable bonds is 7. The van der Waals surface area contributed by atoms with E-state index in [1.165, 1.54) is 6.92 Å². The van der Waals surface area contributed by atoms with Gasteiger partial charge >= 0.3 is 5.97 Å². The van der Waals surface area contributed by atoms with Crippen LogP contribution >= 0.6 is 0 Å². The quantitative estimate of drug-likeness (QED) is 0.397. The Labute approximate surface area is 100 Å². The van der Waals surface area contributed by atoms with Crippen molar-refractivity contribution >= 4 is 11.8 Å². The molecule has 0 radical (unpaired) electrons. The number of aliphatic hydroxyl groups excluding tert-OH is 1. The Bertz CT molecular complexity index is 363. The minimum Gasteiger partial charge on any atom is -0.478 e. The SMILES string of the molecule is CCCCC/C(C(=O)O)=C(\C#N)C(=O)C(C)O. The number of ketones is 1. The summed E-state index contributed by atoms with van der Waals surface area (Å²) in [4.78, 5) is 22.4. The van der Waals surface area contributed by atoms with E-state index in [0.29, 0.717) is 6.42 Å². The van der Waals surface area contributed by atoms with Crippen LogP contribution in [0.1, 0.15) is 39.5 Å². The lowest BCUT2D eigenvalue weighted by molar-refractivity contribution is -0.133. The van der Waals surface area contributed by atoms with Crippen LogP contribution < -0.4 is 0 Å². The molecule has 5 nitrogen and oxygen atoms in total. The Morgan fingerprint density at radius 3 is 2.29 bits per heavy atom. The van der Waals surface area contributed by atoms with E-state index in [1.807, 2.05) is 6.92 Å². The zero-order chi connectivity index (χ0) is 13.4. The molecule has 0 fully saturated rings. The van der Waals surface area contributed by atoms with Crippen LogP contribution in [-0.4, -0.2) is 28.1 Å². The highest BCUT2D eigenvalue weighted by Gasteiger charge is 2.23. The van der Waals surface area contributed by atoms with Crippen molar-refractivity contribution in [1.82, 2.24) is 0 Å². The lowest BCUT2D eigenvalue weighted by atomic mass is 9.97. The lowest BCUT2D eigenvalue weighted by Crippen LogP contribution is -2.21. The lowest BCUT2D eigenvalue weighted by Gasteiger charge is -2.07. The summed E-state index contributed by atoms with van der Waals surface area (Å²) in [6.45, 7) is 3.18. The predicted molar refractivity (Wildman–Crippen MR) is 61.1 cm³/mol. The van der Waals surface area contributed by atoms with Crippen LogP contribution in [-0.2, 0) is 9.59 Å². The largest absolute Gasteiger partial charge is 0.478 e. The third kappa shape index (κ3) is 4.79. The van der Waals surface area contributed by atoms with Gasteiger partial charge in [0.05, 0.1) is 5.57 Å². The Morgan fingerprint density at radius 2 is 1.94 bits per heavy atom. The second-order valence-corrected chi connectivity index (χ2v) is 3.77. The molecule has 0 spiro atoms. The highest BCUT2D eigenvalue weighted by molar-refractivity contribution is 6.08. The smallest absolute Gasteiger partial charge is 0.333 e. The normalized spacial score (nSPS) is 13.5. The maximum absolute atomic E-state index is 11.5. The van der Waals surface area contributed by atoms with Crippen molar-refractivity contribution in [2.75, 3.05) is 0 Å². The number of aliphatic hydroxyl groups is 1. The minimum absolute atomic E-state index is 0.171. The van der Waals surface area contributed by atoms with Gasteiger partial charge in [-0.15, -0.1) is 0 Å². The molecular formula is C12H17NO4. The van der Waals surface area contributed by atoms with Crippen LogP contribution in [0.25, 0.3) is 0 Å². The maximum Gasteiger partial charge on any atom is 0.333 e. The molecule has 0 aliphatic rings. The van der Waals surface area contributed by atoms with Gasteiger partial charge in [-0.05, 0) is 19.8 Å². The molecule has 2 N–H and O–H groups in total. The summed E-state index contributed by atoms with van der Waals surface area (Å²) < 4.78 is 0. The van der Waals surface area contributed by atoms with Crippen LogP contribution in [0.4, 0.5) is 0 Å². The number of unbranched alkanes of at least 4 members (excludes halogenated alkanes) is 2. The average molecular weight is 239 g/mol. The van der Waals surface area contributed by atoms with Gasteiger partial charge in [-0.25, -0.2) is 4.79 Å². The summed E-state index contributed by atoms with van der Waals surface area (Å²) in [7, 11) is 0. The molecule has 0 aromatic heterocycles. The summed E-state index contributed by atoms with van der Waals surface area (Å²) in [6, 6.07) is 1.58. The first kappa shape index (κ1) is 15.3. The summed E-state index contributed by atoms with van der Waals surface area (Å²) in [5.41, 5.74) is -0.643. The summed E-state index contributed by atoms with van der Waals surface area (Å²) in [5, 5.41) is 26.9. The molecule has 0 bridgehead atoms. The topological polar surface area (TPSA) is 98.4 Å². The first-order valence-electron chi connectivity index (χ1n) is 5.54. The fraction of sp³-hybridized carbons (Fsp3) is 0.583. The van der Waals surface area contributed by atoms with Crippen molar-refractivity contribution in [3.05, 3.63) is 11.1 Å². The van der Waals surface area contributed by atoms with Gasteiger partial charge in [-0.1, -0.05) is 19.8 Å². The van der Waals surface area contributed by atoms with Gasteiger partial charge in [0, 0.05) is 0 Å². The second kappa shape index (κ2) is 7.58. The van der Waals surface area contributed by atoms with E-state index in [2.05, 4.69) is 0 Å². The highest BCUT2D eigenvalue weighted by atomic mass is 16.4. The number of Topliss-reactive ketones (excluding diaryl/α,β-unsaturated/α-hetero) is 1. The standard InChI is InChI=1S/C12H17NO4/c1-3-4-5-6-9(12(16)17)10(7-13)11(15)8(2)14/h8,14H,3-6H2,1-2H3,(H,16,17)/b10-9-. The van der Waals surface area contributed by atoms with E-state index < -0.39 is 23.4 Å². The fourth-order valence-electron chi connectivity index (χ4n) is 1.37. The number of hydrogen-bond donors (Lipinski definition) is 2. The molecule has 0 aromatic carbocycles. The first-order valence-corrected chi connectivity index (χ1v) is 5.54. The van der Waals surface area contributed by atoms with E-state index >= 15 is 0 Å².